The third-order valence-corrected chi connectivity index (χ3v) is 4.32. The molecule has 0 heterocycles. The predicted octanol–water partition coefficient (Wildman–Crippen LogP) is 0.101. The number of rotatable bonds is 8. The van der Waals surface area contributed by atoms with E-state index in [4.69, 9.17) is 20.4 Å². The van der Waals surface area contributed by atoms with Gasteiger partial charge in [-0.1, -0.05) is 13.2 Å². The topological polar surface area (TPSA) is 273 Å². The molecule has 0 bridgehead atoms. The first-order chi connectivity index (χ1) is 18.8. The van der Waals surface area contributed by atoms with Gasteiger partial charge in [0.1, 0.15) is 0 Å². The molecule has 2 aromatic rings. The molecule has 15 nitrogen and oxygen atoms in total. The maximum Gasteiger partial charge on any atom is 0.346 e. The summed E-state index contributed by atoms with van der Waals surface area (Å²) >= 11 is 0. The maximum atomic E-state index is 12.2. The molecule has 0 aliphatic rings. The van der Waals surface area contributed by atoms with E-state index < -0.39 is 81.1 Å². The normalized spacial score (nSPS) is 9.32. The molecule has 0 spiro atoms. The van der Waals surface area contributed by atoms with Crippen molar-refractivity contribution in [1.82, 2.24) is 0 Å². The molecule has 0 aliphatic carbocycles. The summed E-state index contributed by atoms with van der Waals surface area (Å²) < 4.78 is 4.51. The molecule has 0 amide bonds. The number of esters is 2. The molecule has 15 heteroatoms. The molecule has 0 radical (unpaired) electrons. The van der Waals surface area contributed by atoms with Crippen LogP contribution in [0.2, 0.25) is 0 Å². The van der Waals surface area contributed by atoms with E-state index in [0.29, 0.717) is 12.1 Å². The molecule has 4 N–H and O–H groups in total. The van der Waals surface area contributed by atoms with Crippen LogP contribution in [0.5, 0.6) is 0 Å². The summed E-state index contributed by atoms with van der Waals surface area (Å²) in [4.78, 5) is 87.8. The summed E-state index contributed by atoms with van der Waals surface area (Å²) in [5.41, 5.74) is -3.51. The number of carbonyl (C=O) groups excluding carboxylic acids is 4. The number of hydrogen-bond donors (Lipinski definition) is 4. The average molecular weight is 572 g/mol. The van der Waals surface area contributed by atoms with E-state index in [9.17, 15) is 48.6 Å². The number of carbonyl (C=O) groups is 8. The van der Waals surface area contributed by atoms with Crippen LogP contribution in [0.1, 0.15) is 76.0 Å². The Bertz CT molecular complexity index is 1330. The molecule has 0 fully saturated rings. The fourth-order valence-electron chi connectivity index (χ4n) is 2.26. The third kappa shape index (κ3) is 11.0. The summed E-state index contributed by atoms with van der Waals surface area (Å²) in [5.74, 6) is -11.5. The van der Waals surface area contributed by atoms with Crippen LogP contribution in [0, 0.1) is 0 Å². The standard InChI is InChI=1S/C18H10O11.2C4H6O2/c19-13(20)7-1-3-9(11(5-7)15(23)24)17(27)29-18(28)10-4-2-8(14(21)22)6-12(10)16(25)26;2*1-3(2)4(5)6/h1-6H,(H,19,20)(H,21,22)(H,23,24)(H,25,26);2*1H2,2H3,(H,5,6)/p-2. The first-order valence-electron chi connectivity index (χ1n) is 10.5. The number of benzene rings is 2. The second kappa shape index (κ2) is 15.3. The van der Waals surface area contributed by atoms with Gasteiger partial charge in [0.25, 0.3) is 0 Å². The van der Waals surface area contributed by atoms with Crippen LogP contribution >= 0.6 is 0 Å². The Hall–Kier alpha value is -6.12. The van der Waals surface area contributed by atoms with Crippen molar-refractivity contribution in [2.45, 2.75) is 13.8 Å². The van der Waals surface area contributed by atoms with Crippen molar-refractivity contribution in [3.05, 3.63) is 94.1 Å². The van der Waals surface area contributed by atoms with Gasteiger partial charge >= 0.3 is 35.8 Å². The summed E-state index contributed by atoms with van der Waals surface area (Å²) in [6.07, 6.45) is 0. The SMILES string of the molecule is C=C(C)C(=O)[O-].C=C(C)C(=O)[O-].O=C(O)c1ccc(C(=O)OC(=O)c2ccc(C(=O)O)cc2C(=O)O)c(C(=O)O)c1. The molecule has 0 saturated heterocycles. The van der Waals surface area contributed by atoms with Gasteiger partial charge in [0.15, 0.2) is 0 Å². The Balaban J connectivity index is 0.00000111. The van der Waals surface area contributed by atoms with Gasteiger partial charge in [-0.15, -0.1) is 0 Å². The van der Waals surface area contributed by atoms with Gasteiger partial charge in [0, 0.05) is 0 Å². The lowest BCUT2D eigenvalue weighted by atomic mass is 10.0. The molecular formula is C26H20O15-2. The molecule has 0 aliphatic heterocycles. The fourth-order valence-corrected chi connectivity index (χ4v) is 2.26. The second-order valence-electron chi connectivity index (χ2n) is 7.55. The highest BCUT2D eigenvalue weighted by Crippen LogP contribution is 2.18. The zero-order valence-electron chi connectivity index (χ0n) is 21.2. The van der Waals surface area contributed by atoms with Crippen molar-refractivity contribution in [3.63, 3.8) is 0 Å². The molecule has 2 aromatic carbocycles. The highest BCUT2D eigenvalue weighted by molar-refractivity contribution is 6.11. The van der Waals surface area contributed by atoms with E-state index in [1.165, 1.54) is 13.8 Å². The zero-order valence-corrected chi connectivity index (χ0v) is 21.2. The van der Waals surface area contributed by atoms with Gasteiger partial charge in [-0.05, 0) is 61.4 Å². The summed E-state index contributed by atoms with van der Waals surface area (Å²) in [6.45, 7) is 8.95. The van der Waals surface area contributed by atoms with Crippen LogP contribution in [-0.2, 0) is 14.3 Å². The Labute approximate surface area is 229 Å². The Kier molecular flexibility index (Phi) is 13.0. The molecule has 0 unspecified atom stereocenters. The van der Waals surface area contributed by atoms with Gasteiger partial charge in [-0.3, -0.25) is 0 Å². The van der Waals surface area contributed by atoms with Gasteiger partial charge < -0.3 is 45.0 Å². The van der Waals surface area contributed by atoms with Crippen molar-refractivity contribution in [3.8, 4) is 0 Å². The van der Waals surface area contributed by atoms with Gasteiger partial charge in [-0.2, -0.15) is 0 Å². The van der Waals surface area contributed by atoms with E-state index in [0.717, 1.165) is 24.3 Å². The summed E-state index contributed by atoms with van der Waals surface area (Å²) in [7, 11) is 0. The van der Waals surface area contributed by atoms with Crippen LogP contribution < -0.4 is 10.2 Å². The van der Waals surface area contributed by atoms with Gasteiger partial charge in [0.2, 0.25) is 0 Å². The van der Waals surface area contributed by atoms with Gasteiger partial charge in [0.05, 0.1) is 45.3 Å². The Morgan fingerprint density at radius 3 is 1.02 bits per heavy atom. The van der Waals surface area contributed by atoms with Crippen molar-refractivity contribution in [2.24, 2.45) is 0 Å². The number of ether oxygens (including phenoxy) is 1. The first-order valence-corrected chi connectivity index (χ1v) is 10.5. The van der Waals surface area contributed by atoms with Crippen LogP contribution in [0.4, 0.5) is 0 Å². The number of aromatic carboxylic acids is 4. The molecular weight excluding hydrogens is 552 g/mol. The lowest BCUT2D eigenvalue weighted by Crippen LogP contribution is -2.22. The Morgan fingerprint density at radius 2 is 0.829 bits per heavy atom. The molecule has 0 atom stereocenters. The highest BCUT2D eigenvalue weighted by Gasteiger charge is 2.26. The number of hydrogen-bond acceptors (Lipinski definition) is 11. The van der Waals surface area contributed by atoms with Crippen molar-refractivity contribution in [2.75, 3.05) is 0 Å². The summed E-state index contributed by atoms with van der Waals surface area (Å²) in [6, 6.07) is 4.87. The minimum Gasteiger partial charge on any atom is -0.545 e. The third-order valence-electron chi connectivity index (χ3n) is 4.32. The second-order valence-corrected chi connectivity index (χ2v) is 7.55. The van der Waals surface area contributed by atoms with Crippen molar-refractivity contribution < 1.29 is 73.7 Å². The molecule has 0 saturated carbocycles. The van der Waals surface area contributed by atoms with E-state index in [1.807, 2.05) is 0 Å². The smallest absolute Gasteiger partial charge is 0.346 e. The largest absolute Gasteiger partial charge is 0.545 e. The minimum atomic E-state index is -1.66. The van der Waals surface area contributed by atoms with E-state index >= 15 is 0 Å². The fraction of sp³-hybridized carbons (Fsp3) is 0.0769. The number of carboxylic acids is 6. The number of aliphatic carboxylic acids is 2. The van der Waals surface area contributed by atoms with Crippen LogP contribution in [0.15, 0.2) is 60.7 Å². The van der Waals surface area contributed by atoms with Crippen LogP contribution in [0.3, 0.4) is 0 Å². The zero-order chi connectivity index (χ0) is 32.2. The molecule has 216 valence electrons. The van der Waals surface area contributed by atoms with Crippen LogP contribution in [0.25, 0.3) is 0 Å². The highest BCUT2D eigenvalue weighted by atomic mass is 16.6. The van der Waals surface area contributed by atoms with Gasteiger partial charge in [-0.25, -0.2) is 28.8 Å². The molecule has 41 heavy (non-hydrogen) atoms. The van der Waals surface area contributed by atoms with E-state index in [-0.39, 0.29) is 11.1 Å². The Morgan fingerprint density at radius 1 is 0.561 bits per heavy atom. The lowest BCUT2D eigenvalue weighted by molar-refractivity contribution is -0.300. The first kappa shape index (κ1) is 34.9. The molecule has 2 rings (SSSR count). The van der Waals surface area contributed by atoms with E-state index in [1.54, 1.807) is 0 Å². The minimum absolute atomic E-state index is 0.0648. The van der Waals surface area contributed by atoms with Crippen molar-refractivity contribution >= 4 is 47.8 Å². The van der Waals surface area contributed by atoms with E-state index in [2.05, 4.69) is 17.9 Å². The summed E-state index contributed by atoms with van der Waals surface area (Å²) in [5, 5.41) is 55.1. The monoisotopic (exact) mass is 572 g/mol. The predicted molar refractivity (Wildman–Crippen MR) is 130 cm³/mol. The average Bonchev–Trinajstić information content (AvgIpc) is 2.88. The number of carboxylic acid groups (broad SMARTS) is 6. The van der Waals surface area contributed by atoms with Crippen LogP contribution in [-0.4, -0.2) is 68.2 Å². The quantitative estimate of drug-likeness (QED) is 0.185. The van der Waals surface area contributed by atoms with Crippen molar-refractivity contribution in [1.29, 1.82) is 0 Å². The maximum absolute atomic E-state index is 12.2. The molecule has 0 aromatic heterocycles. The lowest BCUT2D eigenvalue weighted by Gasteiger charge is -2.09.